The van der Waals surface area contributed by atoms with E-state index in [0.29, 0.717) is 19.4 Å². The summed E-state index contributed by atoms with van der Waals surface area (Å²) in [5.74, 6) is -2.73. The van der Waals surface area contributed by atoms with Crippen molar-refractivity contribution in [2.45, 2.75) is 12.8 Å². The summed E-state index contributed by atoms with van der Waals surface area (Å²) in [5.41, 5.74) is -0.000365. The molecule has 4 nitrogen and oxygen atoms in total. The Labute approximate surface area is 125 Å². The van der Waals surface area contributed by atoms with E-state index in [9.17, 15) is 14.0 Å². The van der Waals surface area contributed by atoms with E-state index in [2.05, 4.69) is 0 Å². The number of carboxylic acids is 1. The summed E-state index contributed by atoms with van der Waals surface area (Å²) in [5, 5.41) is 8.90. The molecule has 1 atom stereocenters. The first-order valence-corrected chi connectivity index (χ1v) is 6.82. The van der Waals surface area contributed by atoms with Gasteiger partial charge in [-0.1, -0.05) is 23.2 Å². The van der Waals surface area contributed by atoms with Crippen molar-refractivity contribution in [1.82, 2.24) is 4.90 Å². The summed E-state index contributed by atoms with van der Waals surface area (Å²) < 4.78 is 13.4. The molecule has 0 aromatic heterocycles. The van der Waals surface area contributed by atoms with Crippen LogP contribution in [0.5, 0.6) is 0 Å². The van der Waals surface area contributed by atoms with Gasteiger partial charge in [0.1, 0.15) is 5.82 Å². The predicted molar refractivity (Wildman–Crippen MR) is 72.7 cm³/mol. The Hall–Kier alpha value is -1.33. The molecular weight excluding hydrogens is 308 g/mol. The third kappa shape index (κ3) is 3.04. The fraction of sp³-hybridized carbons (Fsp3) is 0.385. The fourth-order valence-electron chi connectivity index (χ4n) is 2.22. The smallest absolute Gasteiger partial charge is 0.308 e. The van der Waals surface area contributed by atoms with Crippen molar-refractivity contribution in [3.05, 3.63) is 33.6 Å². The Morgan fingerprint density at radius 2 is 2.00 bits per heavy atom. The van der Waals surface area contributed by atoms with Gasteiger partial charge in [0, 0.05) is 13.1 Å². The van der Waals surface area contributed by atoms with Gasteiger partial charge in [-0.15, -0.1) is 0 Å². The van der Waals surface area contributed by atoms with Gasteiger partial charge in [0.25, 0.3) is 5.91 Å². The van der Waals surface area contributed by atoms with Crippen LogP contribution in [0.25, 0.3) is 0 Å². The number of halogens is 3. The van der Waals surface area contributed by atoms with Crippen LogP contribution >= 0.6 is 23.2 Å². The quantitative estimate of drug-likeness (QED) is 0.852. The summed E-state index contributed by atoms with van der Waals surface area (Å²) in [4.78, 5) is 24.7. The molecule has 108 valence electrons. The van der Waals surface area contributed by atoms with Crippen molar-refractivity contribution < 1.29 is 19.1 Å². The number of likely N-dealkylation sites (tertiary alicyclic amines) is 1. The number of benzene rings is 1. The zero-order valence-electron chi connectivity index (χ0n) is 10.4. The van der Waals surface area contributed by atoms with Crippen molar-refractivity contribution in [2.75, 3.05) is 13.1 Å². The predicted octanol–water partition coefficient (Wildman–Crippen LogP) is 3.07. The number of piperidine rings is 1. The second kappa shape index (κ2) is 5.97. The number of hydrogen-bond acceptors (Lipinski definition) is 2. The lowest BCUT2D eigenvalue weighted by atomic mass is 9.97. The van der Waals surface area contributed by atoms with E-state index in [1.165, 1.54) is 11.0 Å². The maximum absolute atomic E-state index is 13.4. The molecule has 1 aliphatic heterocycles. The first kappa shape index (κ1) is 15.1. The van der Waals surface area contributed by atoms with Crippen LogP contribution in [0.3, 0.4) is 0 Å². The molecule has 0 bridgehead atoms. The van der Waals surface area contributed by atoms with E-state index >= 15 is 0 Å². The lowest BCUT2D eigenvalue weighted by Gasteiger charge is -2.31. The highest BCUT2D eigenvalue weighted by Crippen LogP contribution is 2.27. The number of amides is 1. The number of carbonyl (C=O) groups is 2. The van der Waals surface area contributed by atoms with E-state index in [1.54, 1.807) is 0 Å². The van der Waals surface area contributed by atoms with Crippen LogP contribution in [0.15, 0.2) is 12.1 Å². The molecule has 0 aliphatic carbocycles. The van der Waals surface area contributed by atoms with Gasteiger partial charge in [0.2, 0.25) is 0 Å². The van der Waals surface area contributed by atoms with Crippen molar-refractivity contribution in [3.63, 3.8) is 0 Å². The lowest BCUT2D eigenvalue weighted by Crippen LogP contribution is -2.42. The van der Waals surface area contributed by atoms with Gasteiger partial charge in [-0.05, 0) is 25.0 Å². The highest BCUT2D eigenvalue weighted by atomic mass is 35.5. The molecule has 1 aliphatic rings. The number of nitrogens with zero attached hydrogens (tertiary/aromatic N) is 1. The fourth-order valence-corrected chi connectivity index (χ4v) is 2.68. The van der Waals surface area contributed by atoms with E-state index in [0.717, 1.165) is 6.07 Å². The van der Waals surface area contributed by atoms with Crippen LogP contribution in [-0.4, -0.2) is 35.0 Å². The SMILES string of the molecule is O=C(O)[C@H]1CCCN(C(=O)c2cc(F)c(Cl)cc2Cl)C1. The van der Waals surface area contributed by atoms with E-state index < -0.39 is 23.6 Å². The molecule has 20 heavy (non-hydrogen) atoms. The number of carboxylic acid groups (broad SMARTS) is 1. The molecule has 1 saturated heterocycles. The average Bonchev–Trinajstić information content (AvgIpc) is 2.42. The Kier molecular flexibility index (Phi) is 4.50. The zero-order valence-corrected chi connectivity index (χ0v) is 11.9. The average molecular weight is 320 g/mol. The van der Waals surface area contributed by atoms with Gasteiger partial charge in [0.15, 0.2) is 0 Å². The van der Waals surface area contributed by atoms with Gasteiger partial charge in [-0.2, -0.15) is 0 Å². The van der Waals surface area contributed by atoms with Crippen molar-refractivity contribution >= 4 is 35.1 Å². The van der Waals surface area contributed by atoms with Gasteiger partial charge in [0.05, 0.1) is 21.5 Å². The molecule has 7 heteroatoms. The van der Waals surface area contributed by atoms with Crippen LogP contribution in [0, 0.1) is 11.7 Å². The topological polar surface area (TPSA) is 57.6 Å². The summed E-state index contributed by atoms with van der Waals surface area (Å²) in [6, 6.07) is 2.15. The Morgan fingerprint density at radius 1 is 1.30 bits per heavy atom. The standard InChI is InChI=1S/C13H12Cl2FNO3/c14-9-5-10(15)11(16)4-8(9)12(18)17-3-1-2-7(6-17)13(19)20/h4-5,7H,1-3,6H2,(H,19,20)/t7-/m0/s1. The summed E-state index contributed by atoms with van der Waals surface area (Å²) in [7, 11) is 0. The first-order chi connectivity index (χ1) is 9.40. The zero-order chi connectivity index (χ0) is 14.9. The van der Waals surface area contributed by atoms with E-state index in [4.69, 9.17) is 28.3 Å². The number of rotatable bonds is 2. The Morgan fingerprint density at radius 3 is 2.65 bits per heavy atom. The maximum atomic E-state index is 13.4. The molecule has 0 saturated carbocycles. The van der Waals surface area contributed by atoms with Gasteiger partial charge >= 0.3 is 5.97 Å². The number of carbonyl (C=O) groups excluding carboxylic acids is 1. The van der Waals surface area contributed by atoms with E-state index in [-0.39, 0.29) is 22.2 Å². The second-order valence-electron chi connectivity index (χ2n) is 4.67. The van der Waals surface area contributed by atoms with Crippen LogP contribution in [-0.2, 0) is 4.79 Å². The third-order valence-electron chi connectivity index (χ3n) is 3.30. The van der Waals surface area contributed by atoms with Crippen LogP contribution in [0.4, 0.5) is 4.39 Å². The summed E-state index contributed by atoms with van der Waals surface area (Å²) >= 11 is 11.5. The molecule has 2 rings (SSSR count). The van der Waals surface area contributed by atoms with Gasteiger partial charge in [-0.25, -0.2) is 4.39 Å². The minimum Gasteiger partial charge on any atom is -0.481 e. The highest BCUT2D eigenvalue weighted by molar-refractivity contribution is 6.36. The maximum Gasteiger partial charge on any atom is 0.308 e. The second-order valence-corrected chi connectivity index (χ2v) is 5.49. The molecule has 1 aromatic carbocycles. The van der Waals surface area contributed by atoms with Crippen molar-refractivity contribution in [1.29, 1.82) is 0 Å². The lowest BCUT2D eigenvalue weighted by molar-refractivity contribution is -0.143. The molecule has 0 spiro atoms. The molecular formula is C13H12Cl2FNO3. The summed E-state index contributed by atoms with van der Waals surface area (Å²) in [6.07, 6.45) is 1.12. The molecule has 1 N–H and O–H groups in total. The Balaban J connectivity index is 2.23. The minimum atomic E-state index is -0.934. The van der Waals surface area contributed by atoms with Crippen molar-refractivity contribution in [2.24, 2.45) is 5.92 Å². The molecule has 1 fully saturated rings. The number of aliphatic carboxylic acids is 1. The van der Waals surface area contributed by atoms with Crippen LogP contribution < -0.4 is 0 Å². The minimum absolute atomic E-state index is 0.000365. The monoisotopic (exact) mass is 319 g/mol. The number of hydrogen-bond donors (Lipinski definition) is 1. The normalized spacial score (nSPS) is 18.9. The molecule has 0 unspecified atom stereocenters. The highest BCUT2D eigenvalue weighted by Gasteiger charge is 2.29. The van der Waals surface area contributed by atoms with E-state index in [1.807, 2.05) is 0 Å². The summed E-state index contributed by atoms with van der Waals surface area (Å²) in [6.45, 7) is 0.540. The first-order valence-electron chi connectivity index (χ1n) is 6.06. The van der Waals surface area contributed by atoms with Gasteiger partial charge in [-0.3, -0.25) is 9.59 Å². The van der Waals surface area contributed by atoms with Crippen LogP contribution in [0.2, 0.25) is 10.0 Å². The molecule has 0 radical (unpaired) electrons. The molecule has 1 amide bonds. The largest absolute Gasteiger partial charge is 0.481 e. The third-order valence-corrected chi connectivity index (χ3v) is 3.90. The van der Waals surface area contributed by atoms with Gasteiger partial charge < -0.3 is 10.0 Å². The molecule has 1 heterocycles. The molecule has 1 aromatic rings. The Bertz CT molecular complexity index is 565. The van der Waals surface area contributed by atoms with Crippen molar-refractivity contribution in [3.8, 4) is 0 Å². The van der Waals surface area contributed by atoms with Crippen LogP contribution in [0.1, 0.15) is 23.2 Å².